The van der Waals surface area contributed by atoms with E-state index in [-0.39, 0.29) is 5.91 Å². The number of hydrogen-bond donors (Lipinski definition) is 1. The van der Waals surface area contributed by atoms with Crippen molar-refractivity contribution < 1.29 is 9.53 Å². The quantitative estimate of drug-likeness (QED) is 0.763. The predicted octanol–water partition coefficient (Wildman–Crippen LogP) is 4.82. The molecule has 3 rings (SSSR count). The van der Waals surface area contributed by atoms with E-state index in [0.29, 0.717) is 12.0 Å². The van der Waals surface area contributed by atoms with Crippen LogP contribution >= 0.6 is 0 Å². The summed E-state index contributed by atoms with van der Waals surface area (Å²) in [6.07, 6.45) is 2.33. The molecule has 2 aromatic rings. The van der Waals surface area contributed by atoms with Crippen molar-refractivity contribution in [2.75, 3.05) is 26.7 Å². The van der Waals surface area contributed by atoms with E-state index in [1.807, 2.05) is 31.2 Å². The van der Waals surface area contributed by atoms with Crippen LogP contribution in [0.15, 0.2) is 36.4 Å². The molecule has 4 heteroatoms. The Hall–Kier alpha value is -2.33. The minimum absolute atomic E-state index is 0.0369. The Morgan fingerprint density at radius 3 is 2.66 bits per heavy atom. The number of methoxy groups -OCH3 is 1. The number of amides is 1. The highest BCUT2D eigenvalue weighted by atomic mass is 16.5. The zero-order chi connectivity index (χ0) is 21.0. The van der Waals surface area contributed by atoms with Crippen molar-refractivity contribution in [3.05, 3.63) is 64.2 Å². The molecule has 0 bridgehead atoms. The standard InChI is InChI=1S/C25H34N2O2/c1-17-9-6-7-11-22(17)25(28)26-15-21-10-8-14-27(16-21)20(4)23-12-13-24(29-5)19(3)18(23)2/h6-7,9,11-13,20-21H,8,10,14-16H2,1-5H3,(H,26,28). The van der Waals surface area contributed by atoms with E-state index < -0.39 is 0 Å². The summed E-state index contributed by atoms with van der Waals surface area (Å²) in [6, 6.07) is 12.4. The fourth-order valence-electron chi connectivity index (χ4n) is 4.46. The number of carbonyl (C=O) groups is 1. The third-order valence-corrected chi connectivity index (χ3v) is 6.49. The molecule has 4 nitrogen and oxygen atoms in total. The molecule has 29 heavy (non-hydrogen) atoms. The van der Waals surface area contributed by atoms with Crippen LogP contribution in [0.2, 0.25) is 0 Å². The minimum atomic E-state index is 0.0369. The van der Waals surface area contributed by atoms with E-state index in [2.05, 4.69) is 43.1 Å². The molecule has 1 N–H and O–H groups in total. The first-order valence-corrected chi connectivity index (χ1v) is 10.6. The largest absolute Gasteiger partial charge is 0.496 e. The zero-order valence-corrected chi connectivity index (χ0v) is 18.4. The molecule has 0 spiro atoms. The van der Waals surface area contributed by atoms with Gasteiger partial charge in [0.05, 0.1) is 7.11 Å². The summed E-state index contributed by atoms with van der Waals surface area (Å²) < 4.78 is 5.47. The topological polar surface area (TPSA) is 41.6 Å². The number of nitrogens with one attached hydrogen (secondary N) is 1. The highest BCUT2D eigenvalue weighted by Gasteiger charge is 2.26. The van der Waals surface area contributed by atoms with Crippen LogP contribution in [-0.2, 0) is 0 Å². The summed E-state index contributed by atoms with van der Waals surface area (Å²) in [6.45, 7) is 11.4. The normalized spacial score (nSPS) is 18.3. The Morgan fingerprint density at radius 1 is 1.17 bits per heavy atom. The average molecular weight is 395 g/mol. The molecule has 0 aromatic heterocycles. The first kappa shape index (κ1) is 21.4. The Morgan fingerprint density at radius 2 is 1.93 bits per heavy atom. The third-order valence-electron chi connectivity index (χ3n) is 6.49. The summed E-state index contributed by atoms with van der Waals surface area (Å²) in [5.74, 6) is 1.47. The van der Waals surface area contributed by atoms with Crippen molar-refractivity contribution in [2.45, 2.75) is 46.6 Å². The van der Waals surface area contributed by atoms with Crippen LogP contribution < -0.4 is 10.1 Å². The molecule has 1 heterocycles. The van der Waals surface area contributed by atoms with Gasteiger partial charge >= 0.3 is 0 Å². The number of hydrogen-bond acceptors (Lipinski definition) is 3. The Bertz CT molecular complexity index is 862. The van der Waals surface area contributed by atoms with Gasteiger partial charge in [0.1, 0.15) is 5.75 Å². The lowest BCUT2D eigenvalue weighted by atomic mass is 9.92. The summed E-state index contributed by atoms with van der Waals surface area (Å²) in [7, 11) is 1.73. The van der Waals surface area contributed by atoms with Gasteiger partial charge in [-0.15, -0.1) is 0 Å². The molecule has 1 saturated heterocycles. The molecule has 156 valence electrons. The lowest BCUT2D eigenvalue weighted by Crippen LogP contribution is -2.42. The Labute approximate surface area is 175 Å². The maximum atomic E-state index is 12.6. The first-order chi connectivity index (χ1) is 13.9. The number of likely N-dealkylation sites (tertiary alicyclic amines) is 1. The van der Waals surface area contributed by atoms with Crippen LogP contribution in [-0.4, -0.2) is 37.6 Å². The molecule has 0 aliphatic carbocycles. The van der Waals surface area contributed by atoms with Crippen LogP contribution in [0.3, 0.4) is 0 Å². The Kier molecular flexibility index (Phi) is 6.96. The van der Waals surface area contributed by atoms with Gasteiger partial charge in [0.2, 0.25) is 0 Å². The summed E-state index contributed by atoms with van der Waals surface area (Å²) in [5.41, 5.74) is 5.70. The maximum absolute atomic E-state index is 12.6. The van der Waals surface area contributed by atoms with Gasteiger partial charge in [-0.2, -0.15) is 0 Å². The van der Waals surface area contributed by atoms with Gasteiger partial charge in [-0.3, -0.25) is 9.69 Å². The minimum Gasteiger partial charge on any atom is -0.496 e. The van der Waals surface area contributed by atoms with Crippen LogP contribution in [0, 0.1) is 26.7 Å². The lowest BCUT2D eigenvalue weighted by molar-refractivity contribution is 0.0916. The van der Waals surface area contributed by atoms with E-state index in [9.17, 15) is 4.79 Å². The fourth-order valence-corrected chi connectivity index (χ4v) is 4.46. The molecule has 2 unspecified atom stereocenters. The average Bonchev–Trinajstić information content (AvgIpc) is 2.74. The highest BCUT2D eigenvalue weighted by Crippen LogP contribution is 2.32. The second-order valence-corrected chi connectivity index (χ2v) is 8.31. The van der Waals surface area contributed by atoms with Crippen molar-refractivity contribution in [3.63, 3.8) is 0 Å². The molecular weight excluding hydrogens is 360 g/mol. The fraction of sp³-hybridized carbons (Fsp3) is 0.480. The van der Waals surface area contributed by atoms with Gasteiger partial charge in [0.15, 0.2) is 0 Å². The van der Waals surface area contributed by atoms with Crippen molar-refractivity contribution >= 4 is 5.91 Å². The molecule has 1 fully saturated rings. The number of nitrogens with zero attached hydrogens (tertiary/aromatic N) is 1. The van der Waals surface area contributed by atoms with Crippen molar-refractivity contribution in [1.82, 2.24) is 10.2 Å². The van der Waals surface area contributed by atoms with Crippen molar-refractivity contribution in [1.29, 1.82) is 0 Å². The zero-order valence-electron chi connectivity index (χ0n) is 18.4. The summed E-state index contributed by atoms with van der Waals surface area (Å²) in [5, 5.41) is 3.16. The van der Waals surface area contributed by atoms with E-state index in [1.54, 1.807) is 7.11 Å². The van der Waals surface area contributed by atoms with Gasteiger partial charge in [0, 0.05) is 24.7 Å². The number of carbonyl (C=O) groups excluding carboxylic acids is 1. The summed E-state index contributed by atoms with van der Waals surface area (Å²) >= 11 is 0. The molecule has 1 aliphatic rings. The van der Waals surface area contributed by atoms with Gasteiger partial charge < -0.3 is 10.1 Å². The van der Waals surface area contributed by atoms with E-state index in [4.69, 9.17) is 4.74 Å². The monoisotopic (exact) mass is 394 g/mol. The van der Waals surface area contributed by atoms with Crippen LogP contribution in [0.25, 0.3) is 0 Å². The van der Waals surface area contributed by atoms with Crippen LogP contribution in [0.4, 0.5) is 0 Å². The molecular formula is C25H34N2O2. The highest BCUT2D eigenvalue weighted by molar-refractivity contribution is 5.95. The molecule has 1 amide bonds. The van der Waals surface area contributed by atoms with E-state index in [1.165, 1.54) is 23.1 Å². The SMILES string of the molecule is COc1ccc(C(C)N2CCCC(CNC(=O)c3ccccc3C)C2)c(C)c1C. The molecule has 2 atom stereocenters. The predicted molar refractivity (Wildman–Crippen MR) is 119 cm³/mol. The number of rotatable bonds is 6. The molecule has 1 aliphatic heterocycles. The summed E-state index contributed by atoms with van der Waals surface area (Å²) in [4.78, 5) is 15.1. The van der Waals surface area contributed by atoms with Crippen LogP contribution in [0.1, 0.15) is 58.4 Å². The number of aryl methyl sites for hydroxylation is 1. The third kappa shape index (κ3) is 4.81. The molecule has 0 radical (unpaired) electrons. The second-order valence-electron chi connectivity index (χ2n) is 8.31. The maximum Gasteiger partial charge on any atom is 0.251 e. The molecule has 2 aromatic carbocycles. The van der Waals surface area contributed by atoms with Gasteiger partial charge in [-0.25, -0.2) is 0 Å². The van der Waals surface area contributed by atoms with E-state index >= 15 is 0 Å². The first-order valence-electron chi connectivity index (χ1n) is 10.6. The smallest absolute Gasteiger partial charge is 0.251 e. The van der Waals surface area contributed by atoms with Crippen molar-refractivity contribution in [3.8, 4) is 5.75 Å². The van der Waals surface area contributed by atoms with Crippen LogP contribution in [0.5, 0.6) is 5.75 Å². The lowest BCUT2D eigenvalue weighted by Gasteiger charge is -2.38. The van der Waals surface area contributed by atoms with E-state index in [0.717, 1.165) is 42.9 Å². The number of benzene rings is 2. The van der Waals surface area contributed by atoms with Gasteiger partial charge in [-0.05, 0) is 87.4 Å². The van der Waals surface area contributed by atoms with Gasteiger partial charge in [0.25, 0.3) is 5.91 Å². The Balaban J connectivity index is 1.62. The molecule has 0 saturated carbocycles. The second kappa shape index (κ2) is 9.45. The number of piperidine rings is 1. The van der Waals surface area contributed by atoms with Gasteiger partial charge in [-0.1, -0.05) is 24.3 Å². The number of ether oxygens (including phenoxy) is 1. The van der Waals surface area contributed by atoms with Crippen molar-refractivity contribution in [2.24, 2.45) is 5.92 Å².